The molecule has 1 aromatic heterocycles. The first-order valence-corrected chi connectivity index (χ1v) is 8.13. The van der Waals surface area contributed by atoms with E-state index in [-0.39, 0.29) is 4.88 Å². The Morgan fingerprint density at radius 1 is 1.62 bits per heavy atom. The molecular formula is C11H8BrF2N3O2S2. The summed E-state index contributed by atoms with van der Waals surface area (Å²) in [4.78, 5) is 11.6. The number of hydrogen-bond acceptors (Lipinski definition) is 6. The molecule has 2 atom stereocenters. The highest BCUT2D eigenvalue weighted by atomic mass is 79.9. The summed E-state index contributed by atoms with van der Waals surface area (Å²) in [5, 5.41) is 19.8. The molecule has 112 valence electrons. The third kappa shape index (κ3) is 3.59. The monoisotopic (exact) mass is 395 g/mol. The number of carbonyl (C=O) groups excluding carboxylic acids is 1. The summed E-state index contributed by atoms with van der Waals surface area (Å²) in [6.07, 6.45) is -0.990. The predicted molar refractivity (Wildman–Crippen MR) is 76.4 cm³/mol. The first kappa shape index (κ1) is 18.0. The van der Waals surface area contributed by atoms with Gasteiger partial charge in [-0.15, -0.1) is 21.3 Å². The maximum atomic E-state index is 14.4. The number of Topliss-reactive ketones (excluding diaryl/α,β-unsaturated/α-hetero) is 1. The molecule has 0 bridgehead atoms. The van der Waals surface area contributed by atoms with Crippen LogP contribution in [0.5, 0.6) is 0 Å². The van der Waals surface area contributed by atoms with E-state index < -0.39 is 35.0 Å². The molecule has 0 radical (unpaired) electrons. The smallest absolute Gasteiger partial charge is 0.340 e. The number of rotatable bonds is 6. The maximum absolute atomic E-state index is 14.4. The largest absolute Gasteiger partial charge is 0.583 e. The Kier molecular flexibility index (Phi) is 5.84. The molecule has 0 aliphatic heterocycles. The Labute approximate surface area is 135 Å². The number of hydrogen-bond donors (Lipinski definition) is 1. The molecule has 2 unspecified atom stereocenters. The van der Waals surface area contributed by atoms with Gasteiger partial charge in [-0.05, 0) is 28.9 Å². The SMILES string of the molecule is CC(N[S+]([O-])C#N)(c1cc(Br)cs1)C(F)(F)C(=O)CC#N. The Morgan fingerprint density at radius 3 is 2.67 bits per heavy atom. The van der Waals surface area contributed by atoms with Crippen LogP contribution in [0.2, 0.25) is 0 Å². The van der Waals surface area contributed by atoms with E-state index in [1.807, 2.05) is 4.72 Å². The standard InChI is InChI=1S/C11H8BrF2N3O2S2/c1-10(17-21(19)6-16,9-4-7(12)5-20-9)11(13,14)8(18)2-3-15/h4-5,17H,2H2,1H3. The Bertz CT molecular complexity index is 626. The van der Waals surface area contributed by atoms with Crippen molar-refractivity contribution in [2.75, 3.05) is 0 Å². The fourth-order valence-corrected chi connectivity index (χ4v) is 3.81. The Morgan fingerprint density at radius 2 is 2.24 bits per heavy atom. The number of ketones is 1. The summed E-state index contributed by atoms with van der Waals surface area (Å²) in [7, 11) is 0. The molecule has 0 spiro atoms. The van der Waals surface area contributed by atoms with Crippen LogP contribution in [0.1, 0.15) is 18.2 Å². The predicted octanol–water partition coefficient (Wildman–Crippen LogP) is 2.58. The van der Waals surface area contributed by atoms with Crippen molar-refractivity contribution in [3.8, 4) is 11.5 Å². The van der Waals surface area contributed by atoms with E-state index in [0.29, 0.717) is 4.47 Å². The van der Waals surface area contributed by atoms with Gasteiger partial charge in [0.2, 0.25) is 5.78 Å². The molecular weight excluding hydrogens is 388 g/mol. The molecule has 0 saturated carbocycles. The first-order chi connectivity index (χ1) is 9.68. The van der Waals surface area contributed by atoms with Crippen LogP contribution < -0.4 is 4.72 Å². The van der Waals surface area contributed by atoms with E-state index in [4.69, 9.17) is 10.5 Å². The van der Waals surface area contributed by atoms with Gasteiger partial charge in [-0.25, -0.2) is 0 Å². The number of nitrogens with one attached hydrogen (secondary N) is 1. The van der Waals surface area contributed by atoms with Crippen molar-refractivity contribution in [1.82, 2.24) is 4.72 Å². The zero-order chi connectivity index (χ0) is 16.3. The fourth-order valence-electron chi connectivity index (χ4n) is 1.51. The lowest BCUT2D eigenvalue weighted by Crippen LogP contribution is -2.58. The first-order valence-electron chi connectivity index (χ1n) is 5.31. The van der Waals surface area contributed by atoms with Crippen molar-refractivity contribution in [2.45, 2.75) is 24.8 Å². The van der Waals surface area contributed by atoms with Crippen LogP contribution in [0.15, 0.2) is 15.9 Å². The van der Waals surface area contributed by atoms with Gasteiger partial charge in [0.15, 0.2) is 16.9 Å². The zero-order valence-corrected chi connectivity index (χ0v) is 13.7. The van der Waals surface area contributed by atoms with Gasteiger partial charge in [0.05, 0.1) is 6.07 Å². The minimum atomic E-state index is -4.01. The van der Waals surface area contributed by atoms with Crippen LogP contribution in [-0.2, 0) is 21.7 Å². The van der Waals surface area contributed by atoms with E-state index in [1.54, 1.807) is 0 Å². The van der Waals surface area contributed by atoms with Crippen LogP contribution in [0.25, 0.3) is 0 Å². The molecule has 0 fully saturated rings. The summed E-state index contributed by atoms with van der Waals surface area (Å²) >= 11 is 1.58. The average molecular weight is 396 g/mol. The van der Waals surface area contributed by atoms with Crippen molar-refractivity contribution in [1.29, 1.82) is 10.5 Å². The lowest BCUT2D eigenvalue weighted by atomic mass is 9.89. The van der Waals surface area contributed by atoms with E-state index >= 15 is 0 Å². The van der Waals surface area contributed by atoms with Gasteiger partial charge in [0, 0.05) is 14.7 Å². The van der Waals surface area contributed by atoms with Crippen molar-refractivity contribution in [3.63, 3.8) is 0 Å². The van der Waals surface area contributed by atoms with Gasteiger partial charge in [-0.2, -0.15) is 14.0 Å². The van der Waals surface area contributed by atoms with Gasteiger partial charge in [-0.1, -0.05) is 0 Å². The molecule has 0 aromatic carbocycles. The van der Waals surface area contributed by atoms with Crippen molar-refractivity contribution in [2.24, 2.45) is 0 Å². The molecule has 0 aliphatic carbocycles. The molecule has 1 rings (SSSR count). The number of thiophene rings is 1. The van der Waals surface area contributed by atoms with Crippen LogP contribution >= 0.6 is 27.3 Å². The lowest BCUT2D eigenvalue weighted by molar-refractivity contribution is -0.153. The van der Waals surface area contributed by atoms with Gasteiger partial charge in [0.25, 0.3) is 0 Å². The fraction of sp³-hybridized carbons (Fsp3) is 0.364. The van der Waals surface area contributed by atoms with Crippen LogP contribution in [-0.4, -0.2) is 16.3 Å². The van der Waals surface area contributed by atoms with Crippen LogP contribution in [0.3, 0.4) is 0 Å². The van der Waals surface area contributed by atoms with E-state index in [0.717, 1.165) is 18.3 Å². The molecule has 10 heteroatoms. The lowest BCUT2D eigenvalue weighted by Gasteiger charge is -2.33. The van der Waals surface area contributed by atoms with Gasteiger partial charge in [0.1, 0.15) is 6.42 Å². The second-order valence-electron chi connectivity index (χ2n) is 4.05. The molecule has 1 heterocycles. The molecule has 1 N–H and O–H groups in total. The second kappa shape index (κ2) is 6.81. The minimum Gasteiger partial charge on any atom is -0.583 e. The number of halogens is 3. The molecule has 1 aromatic rings. The molecule has 21 heavy (non-hydrogen) atoms. The van der Waals surface area contributed by atoms with E-state index in [2.05, 4.69) is 15.9 Å². The molecule has 0 saturated heterocycles. The van der Waals surface area contributed by atoms with E-state index in [9.17, 15) is 18.1 Å². The minimum absolute atomic E-state index is 0.00858. The van der Waals surface area contributed by atoms with E-state index in [1.165, 1.54) is 22.9 Å². The van der Waals surface area contributed by atoms with Gasteiger partial charge < -0.3 is 4.55 Å². The van der Waals surface area contributed by atoms with Crippen LogP contribution in [0.4, 0.5) is 8.78 Å². The normalized spacial score (nSPS) is 15.6. The summed E-state index contributed by atoms with van der Waals surface area (Å²) in [6.45, 7) is 0.968. The number of carbonyl (C=O) groups is 1. The van der Waals surface area contributed by atoms with Crippen LogP contribution in [0, 0.1) is 22.0 Å². The number of nitriles is 2. The number of nitrogens with zero attached hydrogens (tertiary/aromatic N) is 2. The highest BCUT2D eigenvalue weighted by Crippen LogP contribution is 2.42. The van der Waals surface area contributed by atoms with Crippen molar-refractivity contribution in [3.05, 3.63) is 20.8 Å². The highest BCUT2D eigenvalue weighted by molar-refractivity contribution is 9.10. The topological polar surface area (TPSA) is 99.7 Å². The Balaban J connectivity index is 3.35. The molecule has 0 amide bonds. The maximum Gasteiger partial charge on any atom is 0.340 e. The molecule has 5 nitrogen and oxygen atoms in total. The zero-order valence-electron chi connectivity index (χ0n) is 10.5. The summed E-state index contributed by atoms with van der Waals surface area (Å²) < 4.78 is 42.7. The highest BCUT2D eigenvalue weighted by Gasteiger charge is 2.60. The summed E-state index contributed by atoms with van der Waals surface area (Å²) in [6, 6.07) is 2.70. The second-order valence-corrected chi connectivity index (χ2v) is 6.80. The van der Waals surface area contributed by atoms with Crippen molar-refractivity contribution < 1.29 is 18.1 Å². The number of alkyl halides is 2. The quantitative estimate of drug-likeness (QED) is 0.589. The average Bonchev–Trinajstić information content (AvgIpc) is 2.85. The summed E-state index contributed by atoms with van der Waals surface area (Å²) in [5.41, 5.74) is -2.36. The van der Waals surface area contributed by atoms with Gasteiger partial charge >= 0.3 is 11.3 Å². The Hall–Kier alpha value is -1.04. The van der Waals surface area contributed by atoms with Gasteiger partial charge in [-0.3, -0.25) is 4.79 Å². The van der Waals surface area contributed by atoms with Crippen molar-refractivity contribution >= 4 is 44.4 Å². The third-order valence-electron chi connectivity index (χ3n) is 2.66. The molecule has 0 aliphatic rings. The third-order valence-corrected chi connectivity index (χ3v) is 5.33. The summed E-state index contributed by atoms with van der Waals surface area (Å²) in [5.74, 6) is -5.63. The number of thiocyanates is 1.